The van der Waals surface area contributed by atoms with Crippen molar-refractivity contribution in [2.75, 3.05) is 13.2 Å². The van der Waals surface area contributed by atoms with Crippen molar-refractivity contribution in [1.82, 2.24) is 0 Å². The van der Waals surface area contributed by atoms with Crippen LogP contribution >= 0.6 is 0 Å². The number of allylic oxidation sites excluding steroid dienone is 30. The fraction of sp³-hybridized carbons (Fsp3) is 0.548. The van der Waals surface area contributed by atoms with Crippen LogP contribution in [0.5, 0.6) is 0 Å². The van der Waals surface area contributed by atoms with E-state index in [0.29, 0.717) is 19.3 Å². The molecule has 6 heteroatoms. The summed E-state index contributed by atoms with van der Waals surface area (Å²) in [4.78, 5) is 38.2. The summed E-state index contributed by atoms with van der Waals surface area (Å²) in [6, 6.07) is 0. The highest BCUT2D eigenvalue weighted by molar-refractivity contribution is 5.71. The van der Waals surface area contributed by atoms with Crippen LogP contribution in [0.2, 0.25) is 0 Å². The van der Waals surface area contributed by atoms with E-state index in [2.05, 4.69) is 203 Å². The summed E-state index contributed by atoms with van der Waals surface area (Å²) in [6.07, 6.45) is 97.6. The van der Waals surface area contributed by atoms with E-state index < -0.39 is 6.10 Å². The highest BCUT2D eigenvalue weighted by Gasteiger charge is 2.19. The largest absolute Gasteiger partial charge is 0.462 e. The van der Waals surface area contributed by atoms with Crippen LogP contribution in [-0.4, -0.2) is 37.2 Å². The summed E-state index contributed by atoms with van der Waals surface area (Å²) in [6.45, 7) is 6.20. The Morgan fingerprint density at radius 3 is 0.772 bits per heavy atom. The van der Waals surface area contributed by atoms with Gasteiger partial charge < -0.3 is 14.2 Å². The molecule has 0 N–H and O–H groups in total. The van der Waals surface area contributed by atoms with Gasteiger partial charge in [0.25, 0.3) is 0 Å². The second-order valence-electron chi connectivity index (χ2n) is 19.8. The van der Waals surface area contributed by atoms with Gasteiger partial charge in [-0.3, -0.25) is 14.4 Å². The minimum atomic E-state index is -0.838. The molecule has 0 radical (unpaired) electrons. The molecule has 0 saturated heterocycles. The molecule has 0 aromatic carbocycles. The fourth-order valence-corrected chi connectivity index (χ4v) is 7.82. The predicted octanol–water partition coefficient (Wildman–Crippen LogP) is 21.7. The second-order valence-corrected chi connectivity index (χ2v) is 19.8. The average molecular weight is 1090 g/mol. The monoisotopic (exact) mass is 1080 g/mol. The van der Waals surface area contributed by atoms with Crippen molar-refractivity contribution in [2.24, 2.45) is 0 Å². The normalized spacial score (nSPS) is 13.4. The van der Waals surface area contributed by atoms with E-state index in [0.717, 1.165) is 141 Å². The molecule has 0 heterocycles. The molecule has 0 rings (SSSR count). The van der Waals surface area contributed by atoms with Crippen molar-refractivity contribution in [3.63, 3.8) is 0 Å². The van der Waals surface area contributed by atoms with Crippen molar-refractivity contribution in [1.29, 1.82) is 0 Å². The lowest BCUT2D eigenvalue weighted by Crippen LogP contribution is -2.30. The lowest BCUT2D eigenvalue weighted by molar-refractivity contribution is -0.167. The summed E-state index contributed by atoms with van der Waals surface area (Å²) in [5, 5.41) is 0. The van der Waals surface area contributed by atoms with Crippen LogP contribution in [0.15, 0.2) is 182 Å². The first-order chi connectivity index (χ1) is 39.0. The zero-order valence-corrected chi connectivity index (χ0v) is 50.3. The number of rotatable bonds is 54. The Morgan fingerprint density at radius 2 is 0.468 bits per heavy atom. The molecule has 0 aromatic heterocycles. The molecular weight excluding hydrogens is 973 g/mol. The highest BCUT2D eigenvalue weighted by atomic mass is 16.6. The molecule has 0 aliphatic rings. The van der Waals surface area contributed by atoms with Gasteiger partial charge >= 0.3 is 17.9 Å². The number of hydrogen-bond donors (Lipinski definition) is 0. The van der Waals surface area contributed by atoms with E-state index in [1.54, 1.807) is 0 Å². The van der Waals surface area contributed by atoms with Gasteiger partial charge in [-0.2, -0.15) is 0 Å². The number of esters is 3. The highest BCUT2D eigenvalue weighted by Crippen LogP contribution is 2.14. The molecule has 79 heavy (non-hydrogen) atoms. The number of unbranched alkanes of at least 4 members (excludes halogenated alkanes) is 13. The Labute approximate surface area is 484 Å². The fourth-order valence-electron chi connectivity index (χ4n) is 7.82. The molecule has 0 spiro atoms. The van der Waals surface area contributed by atoms with E-state index in [1.165, 1.54) is 44.9 Å². The minimum absolute atomic E-state index is 0.125. The van der Waals surface area contributed by atoms with Crippen molar-refractivity contribution in [3.8, 4) is 0 Å². The van der Waals surface area contributed by atoms with Crippen molar-refractivity contribution in [2.45, 2.75) is 245 Å². The minimum Gasteiger partial charge on any atom is -0.462 e. The smallest absolute Gasteiger partial charge is 0.306 e. The lowest BCUT2D eigenvalue weighted by atomic mass is 10.1. The van der Waals surface area contributed by atoms with E-state index in [-0.39, 0.29) is 44.0 Å². The molecule has 0 aromatic rings. The second kappa shape index (κ2) is 65.0. The molecule has 1 atom stereocenters. The Bertz CT molecular complexity index is 1870. The SMILES string of the molecule is CC/C=C\C/C=C\C/C=C\C/C=C\C/C=C\C/C=C\CCCCCCCCCCCCC(=O)OCC(COC(=O)CCCC/C=C\C/C=C\C/C=C\C/C=C\CC)OC(=O)CCC/C=C\C/C=C\C/C=C\C/C=C\C/C=C\CC. The molecule has 0 aliphatic heterocycles. The van der Waals surface area contributed by atoms with E-state index in [9.17, 15) is 14.4 Å². The number of ether oxygens (including phenoxy) is 3. The zero-order valence-electron chi connectivity index (χ0n) is 50.3. The van der Waals surface area contributed by atoms with Gasteiger partial charge in [0, 0.05) is 19.3 Å². The summed E-state index contributed by atoms with van der Waals surface area (Å²) in [5.74, 6) is -1.04. The summed E-state index contributed by atoms with van der Waals surface area (Å²) >= 11 is 0. The molecule has 0 bridgehead atoms. The maximum atomic E-state index is 12.9. The summed E-state index contributed by atoms with van der Waals surface area (Å²) < 4.78 is 16.8. The van der Waals surface area contributed by atoms with Gasteiger partial charge in [-0.1, -0.05) is 254 Å². The van der Waals surface area contributed by atoms with Gasteiger partial charge in [-0.25, -0.2) is 0 Å². The molecule has 0 amide bonds. The molecule has 0 fully saturated rings. The molecule has 0 saturated carbocycles. The molecule has 1 unspecified atom stereocenters. The molecule has 440 valence electrons. The number of carbonyl (C=O) groups is 3. The third-order valence-corrected chi connectivity index (χ3v) is 12.4. The standard InChI is InChI=1S/C73H112O6/c1-4-7-10-13-16-19-22-25-28-30-31-32-33-34-35-36-37-38-39-40-41-43-45-48-51-54-57-60-63-66-72(75)78-69-70(68-77-71(74)65-62-59-56-53-50-47-44-27-24-21-18-15-12-9-6-3)79-73(76)67-64-61-58-55-52-49-46-42-29-26-23-20-17-14-11-8-5-2/h7-12,16-21,25-29,31-32,34-35,37-38,44,46,49-50,53,55,58,70H,4-6,13-15,22-24,30,33,36,39-43,45,47-48,51-52,54,56-57,59-69H2,1-3H3/b10-7-,11-8-,12-9-,19-16-,20-17-,21-18-,28-25-,29-26-,32-31-,35-34-,38-37-,44-27-,49-46-,53-50-,58-55-. The van der Waals surface area contributed by atoms with Crippen molar-refractivity contribution >= 4 is 17.9 Å². The van der Waals surface area contributed by atoms with E-state index in [1.807, 2.05) is 0 Å². The van der Waals surface area contributed by atoms with Crippen LogP contribution in [0, 0.1) is 0 Å². The Morgan fingerprint density at radius 1 is 0.253 bits per heavy atom. The van der Waals surface area contributed by atoms with Gasteiger partial charge in [-0.05, 0) is 148 Å². The Hall–Kier alpha value is -5.49. The zero-order chi connectivity index (χ0) is 57.1. The predicted molar refractivity (Wildman–Crippen MR) is 343 cm³/mol. The summed E-state index contributed by atoms with van der Waals surface area (Å²) in [5.41, 5.74) is 0. The van der Waals surface area contributed by atoms with Gasteiger partial charge in [-0.15, -0.1) is 0 Å². The van der Waals surface area contributed by atoms with Crippen molar-refractivity contribution < 1.29 is 28.6 Å². The summed E-state index contributed by atoms with van der Waals surface area (Å²) in [7, 11) is 0. The first kappa shape index (κ1) is 73.5. The molecule has 0 aliphatic carbocycles. The van der Waals surface area contributed by atoms with Gasteiger partial charge in [0.1, 0.15) is 13.2 Å². The van der Waals surface area contributed by atoms with Crippen LogP contribution in [0.4, 0.5) is 0 Å². The van der Waals surface area contributed by atoms with Crippen LogP contribution in [-0.2, 0) is 28.6 Å². The van der Waals surface area contributed by atoms with Crippen LogP contribution in [0.3, 0.4) is 0 Å². The quantitative estimate of drug-likeness (QED) is 0.0261. The topological polar surface area (TPSA) is 78.9 Å². The van der Waals surface area contributed by atoms with Gasteiger partial charge in [0.15, 0.2) is 6.10 Å². The first-order valence-corrected chi connectivity index (χ1v) is 31.3. The Balaban J connectivity index is 4.45. The van der Waals surface area contributed by atoms with Gasteiger partial charge in [0.2, 0.25) is 0 Å². The van der Waals surface area contributed by atoms with Gasteiger partial charge in [0.05, 0.1) is 0 Å². The third-order valence-electron chi connectivity index (χ3n) is 12.4. The lowest BCUT2D eigenvalue weighted by Gasteiger charge is -2.18. The van der Waals surface area contributed by atoms with Crippen molar-refractivity contribution in [3.05, 3.63) is 182 Å². The number of hydrogen-bond acceptors (Lipinski definition) is 6. The maximum Gasteiger partial charge on any atom is 0.306 e. The Kier molecular flexibility index (Phi) is 60.5. The van der Waals surface area contributed by atoms with Crippen LogP contribution in [0.25, 0.3) is 0 Å². The van der Waals surface area contributed by atoms with E-state index >= 15 is 0 Å². The average Bonchev–Trinajstić information content (AvgIpc) is 3.45. The molecule has 6 nitrogen and oxygen atoms in total. The third kappa shape index (κ3) is 63.2. The number of carbonyl (C=O) groups excluding carboxylic acids is 3. The first-order valence-electron chi connectivity index (χ1n) is 31.3. The van der Waals surface area contributed by atoms with Crippen LogP contribution < -0.4 is 0 Å². The van der Waals surface area contributed by atoms with E-state index in [4.69, 9.17) is 14.2 Å². The van der Waals surface area contributed by atoms with Crippen LogP contribution in [0.1, 0.15) is 239 Å². The maximum absolute atomic E-state index is 12.9. The molecular formula is C73H112O6.